The first-order chi connectivity index (χ1) is 9.63. The second-order valence-electron chi connectivity index (χ2n) is 4.29. The van der Waals surface area contributed by atoms with E-state index in [1.807, 2.05) is 19.1 Å². The van der Waals surface area contributed by atoms with Crippen molar-refractivity contribution >= 4 is 29.8 Å². The lowest BCUT2D eigenvalue weighted by Gasteiger charge is -1.95. The maximum atomic E-state index is 5.20. The summed E-state index contributed by atoms with van der Waals surface area (Å²) in [6.45, 7) is 3.99. The van der Waals surface area contributed by atoms with Crippen molar-refractivity contribution in [3.63, 3.8) is 0 Å². The molecule has 0 atom stereocenters. The monoisotopic (exact) mass is 304 g/mol. The fraction of sp³-hybridized carbons (Fsp3) is 0.167. The molecule has 0 unspecified atom stereocenters. The topological polar surface area (TPSA) is 74.7 Å². The SMILES string of the molecule is Cc1cc(-c2n[nH]c(=S)n2N=Cc2ccc(C)s2)n[nH]1. The van der Waals surface area contributed by atoms with Crippen molar-refractivity contribution in [2.75, 3.05) is 0 Å². The fourth-order valence-corrected chi connectivity index (χ4v) is 2.66. The van der Waals surface area contributed by atoms with Crippen molar-refractivity contribution in [2.45, 2.75) is 13.8 Å². The van der Waals surface area contributed by atoms with Crippen LogP contribution < -0.4 is 0 Å². The molecule has 0 aromatic carbocycles. The van der Waals surface area contributed by atoms with Gasteiger partial charge in [0.15, 0.2) is 0 Å². The van der Waals surface area contributed by atoms with E-state index in [2.05, 4.69) is 38.5 Å². The second-order valence-corrected chi connectivity index (χ2v) is 6.00. The first kappa shape index (κ1) is 12.9. The van der Waals surface area contributed by atoms with Gasteiger partial charge < -0.3 is 0 Å². The first-order valence-electron chi connectivity index (χ1n) is 5.94. The normalized spacial score (nSPS) is 11.5. The number of hydrogen-bond donors (Lipinski definition) is 2. The smallest absolute Gasteiger partial charge is 0.216 e. The van der Waals surface area contributed by atoms with Gasteiger partial charge in [-0.15, -0.1) is 11.3 Å². The second kappa shape index (κ2) is 5.14. The molecular weight excluding hydrogens is 292 g/mol. The number of aromatic amines is 2. The van der Waals surface area contributed by atoms with E-state index >= 15 is 0 Å². The Labute approximate surface area is 124 Å². The minimum Gasteiger partial charge on any atom is -0.282 e. The van der Waals surface area contributed by atoms with Crippen LogP contribution in [-0.2, 0) is 0 Å². The minimum atomic E-state index is 0.435. The number of hydrogen-bond acceptors (Lipinski definition) is 5. The average molecular weight is 304 g/mol. The Kier molecular flexibility index (Phi) is 3.33. The van der Waals surface area contributed by atoms with E-state index in [1.165, 1.54) is 4.88 Å². The summed E-state index contributed by atoms with van der Waals surface area (Å²) < 4.78 is 2.00. The number of aryl methyl sites for hydroxylation is 2. The van der Waals surface area contributed by atoms with Gasteiger partial charge in [-0.05, 0) is 44.3 Å². The summed E-state index contributed by atoms with van der Waals surface area (Å²) in [5.41, 5.74) is 1.66. The predicted molar refractivity (Wildman–Crippen MR) is 81.8 cm³/mol. The van der Waals surface area contributed by atoms with Gasteiger partial charge in [-0.25, -0.2) is 5.10 Å². The van der Waals surface area contributed by atoms with Crippen LogP contribution in [0.25, 0.3) is 11.5 Å². The van der Waals surface area contributed by atoms with Crippen LogP contribution in [0.5, 0.6) is 0 Å². The van der Waals surface area contributed by atoms with Gasteiger partial charge in [-0.1, -0.05) is 0 Å². The van der Waals surface area contributed by atoms with Crippen molar-refractivity contribution < 1.29 is 0 Å². The molecule has 0 aliphatic rings. The molecule has 6 nitrogen and oxygen atoms in total. The Balaban J connectivity index is 1.99. The molecule has 0 fully saturated rings. The van der Waals surface area contributed by atoms with Gasteiger partial charge in [0.05, 0.1) is 6.21 Å². The standard InChI is InChI=1S/C12H12N6S2/c1-7-5-10(15-14-7)11-16-17-12(19)18(11)13-6-9-4-3-8(2)20-9/h3-6H,1-2H3,(H,14,15)(H,17,19). The third kappa shape index (κ3) is 2.47. The molecule has 0 amide bonds. The summed E-state index contributed by atoms with van der Waals surface area (Å²) in [4.78, 5) is 2.31. The van der Waals surface area contributed by atoms with Crippen LogP contribution in [0, 0.1) is 18.6 Å². The highest BCUT2D eigenvalue weighted by Gasteiger charge is 2.10. The highest BCUT2D eigenvalue weighted by molar-refractivity contribution is 7.71. The third-order valence-corrected chi connectivity index (χ3v) is 3.85. The number of H-pyrrole nitrogens is 2. The molecule has 0 spiro atoms. The Morgan fingerprint density at radius 1 is 1.30 bits per heavy atom. The average Bonchev–Trinajstić information content (AvgIpc) is 3.09. The van der Waals surface area contributed by atoms with Crippen molar-refractivity contribution in [2.24, 2.45) is 5.10 Å². The molecule has 0 aliphatic carbocycles. The van der Waals surface area contributed by atoms with Gasteiger partial charge in [0.1, 0.15) is 5.69 Å². The highest BCUT2D eigenvalue weighted by Crippen LogP contribution is 2.16. The Morgan fingerprint density at radius 2 is 2.15 bits per heavy atom. The van der Waals surface area contributed by atoms with Gasteiger partial charge in [-0.2, -0.15) is 20.0 Å². The molecule has 20 heavy (non-hydrogen) atoms. The molecule has 8 heteroatoms. The quantitative estimate of drug-likeness (QED) is 0.577. The Bertz CT molecular complexity index is 819. The molecule has 3 aromatic heterocycles. The number of aromatic nitrogens is 5. The fourth-order valence-electron chi connectivity index (χ4n) is 1.73. The van der Waals surface area contributed by atoms with Crippen molar-refractivity contribution in [3.05, 3.63) is 38.4 Å². The zero-order valence-corrected chi connectivity index (χ0v) is 12.5. The van der Waals surface area contributed by atoms with Crippen LogP contribution in [0.3, 0.4) is 0 Å². The van der Waals surface area contributed by atoms with Crippen LogP contribution in [0.4, 0.5) is 0 Å². The molecule has 2 N–H and O–H groups in total. The van der Waals surface area contributed by atoms with E-state index in [-0.39, 0.29) is 0 Å². The van der Waals surface area contributed by atoms with Gasteiger partial charge in [0.25, 0.3) is 0 Å². The maximum Gasteiger partial charge on any atom is 0.216 e. The molecule has 3 rings (SSSR count). The van der Waals surface area contributed by atoms with Crippen LogP contribution in [-0.4, -0.2) is 31.3 Å². The van der Waals surface area contributed by atoms with E-state index < -0.39 is 0 Å². The largest absolute Gasteiger partial charge is 0.282 e. The predicted octanol–water partition coefficient (Wildman–Crippen LogP) is 2.89. The molecule has 102 valence electrons. The number of thiophene rings is 1. The number of nitrogens with zero attached hydrogens (tertiary/aromatic N) is 4. The van der Waals surface area contributed by atoms with E-state index in [4.69, 9.17) is 12.2 Å². The zero-order chi connectivity index (χ0) is 14.1. The summed E-state index contributed by atoms with van der Waals surface area (Å²) in [5, 5.41) is 18.3. The molecular formula is C12H12N6S2. The first-order valence-corrected chi connectivity index (χ1v) is 7.16. The summed E-state index contributed by atoms with van der Waals surface area (Å²) in [6, 6.07) is 5.97. The van der Waals surface area contributed by atoms with E-state index in [1.54, 1.807) is 22.2 Å². The minimum absolute atomic E-state index is 0.435. The lowest BCUT2D eigenvalue weighted by atomic mass is 10.3. The highest BCUT2D eigenvalue weighted by atomic mass is 32.1. The van der Waals surface area contributed by atoms with Gasteiger partial charge in [0.2, 0.25) is 10.6 Å². The zero-order valence-electron chi connectivity index (χ0n) is 10.9. The molecule has 0 saturated carbocycles. The van der Waals surface area contributed by atoms with Crippen molar-refractivity contribution in [1.29, 1.82) is 0 Å². The van der Waals surface area contributed by atoms with Crippen LogP contribution in [0.1, 0.15) is 15.4 Å². The van der Waals surface area contributed by atoms with Crippen molar-refractivity contribution in [3.8, 4) is 11.5 Å². The van der Waals surface area contributed by atoms with Gasteiger partial charge >= 0.3 is 0 Å². The van der Waals surface area contributed by atoms with E-state index in [0.29, 0.717) is 16.3 Å². The van der Waals surface area contributed by atoms with Crippen molar-refractivity contribution in [1.82, 2.24) is 25.1 Å². The summed E-state index contributed by atoms with van der Waals surface area (Å²) in [5.74, 6) is 0.587. The maximum absolute atomic E-state index is 5.20. The molecule has 0 bridgehead atoms. The summed E-state index contributed by atoms with van der Waals surface area (Å²) in [6.07, 6.45) is 1.77. The van der Waals surface area contributed by atoms with Gasteiger partial charge in [-0.3, -0.25) is 5.10 Å². The molecule has 3 aromatic rings. The Hall–Kier alpha value is -2.06. The lowest BCUT2D eigenvalue weighted by Crippen LogP contribution is -1.94. The van der Waals surface area contributed by atoms with Crippen LogP contribution in [0.2, 0.25) is 0 Å². The number of nitrogens with one attached hydrogen (secondary N) is 2. The van der Waals surface area contributed by atoms with Gasteiger partial charge in [0, 0.05) is 15.4 Å². The summed E-state index contributed by atoms with van der Waals surface area (Å²) in [7, 11) is 0. The molecule has 0 aliphatic heterocycles. The summed E-state index contributed by atoms with van der Waals surface area (Å²) >= 11 is 6.87. The van der Waals surface area contributed by atoms with E-state index in [9.17, 15) is 0 Å². The molecule has 0 radical (unpaired) electrons. The van der Waals surface area contributed by atoms with Crippen LogP contribution >= 0.6 is 23.6 Å². The third-order valence-electron chi connectivity index (χ3n) is 2.65. The van der Waals surface area contributed by atoms with E-state index in [0.717, 1.165) is 10.6 Å². The molecule has 0 saturated heterocycles. The van der Waals surface area contributed by atoms with Crippen LogP contribution in [0.15, 0.2) is 23.3 Å². The lowest BCUT2D eigenvalue weighted by molar-refractivity contribution is 0.865. The number of rotatable bonds is 3. The molecule has 3 heterocycles. The Morgan fingerprint density at radius 3 is 2.80 bits per heavy atom.